The third-order valence-electron chi connectivity index (χ3n) is 4.55. The molecule has 0 spiro atoms. The van der Waals surface area contributed by atoms with E-state index in [0.29, 0.717) is 0 Å². The van der Waals surface area contributed by atoms with Crippen LogP contribution in [0.2, 0.25) is 0 Å². The van der Waals surface area contributed by atoms with Gasteiger partial charge in [-0.25, -0.2) is 0 Å². The molecule has 1 N–H and O–H groups in total. The van der Waals surface area contributed by atoms with E-state index >= 15 is 0 Å². The minimum atomic E-state index is -0.365. The maximum Gasteiger partial charge on any atom is 0.0973 e. The Kier molecular flexibility index (Phi) is 4.64. The number of hydrogen-bond acceptors (Lipinski definition) is 2. The third kappa shape index (κ3) is 2.70. The fourth-order valence-electron chi connectivity index (χ4n) is 3.38. The molecule has 0 bridgehead atoms. The van der Waals surface area contributed by atoms with Gasteiger partial charge in [-0.05, 0) is 56.8 Å². The van der Waals surface area contributed by atoms with Crippen LogP contribution in [0.15, 0.2) is 24.3 Å². The highest BCUT2D eigenvalue weighted by atomic mass is 16.3. The summed E-state index contributed by atoms with van der Waals surface area (Å²) in [5.41, 5.74) is 2.34. The van der Waals surface area contributed by atoms with Crippen LogP contribution in [-0.2, 0) is 6.42 Å². The fourth-order valence-corrected chi connectivity index (χ4v) is 3.38. The summed E-state index contributed by atoms with van der Waals surface area (Å²) in [5, 5.41) is 10.9. The van der Waals surface area contributed by atoms with Crippen LogP contribution in [0.1, 0.15) is 57.3 Å². The van der Waals surface area contributed by atoms with Crippen LogP contribution >= 0.6 is 0 Å². The Bertz CT molecular complexity index is 411. The largest absolute Gasteiger partial charge is 0.386 e. The van der Waals surface area contributed by atoms with Gasteiger partial charge in [0.15, 0.2) is 0 Å². The Morgan fingerprint density at radius 1 is 1.21 bits per heavy atom. The molecule has 2 nitrogen and oxygen atoms in total. The fraction of sp³-hybridized carbons (Fsp3) is 0.647. The lowest BCUT2D eigenvalue weighted by molar-refractivity contribution is -0.0361. The summed E-state index contributed by atoms with van der Waals surface area (Å²) in [5.74, 6) is 0. The number of fused-ring (bicyclic) bond motifs is 1. The zero-order valence-electron chi connectivity index (χ0n) is 12.5. The average molecular weight is 261 g/mol. The topological polar surface area (TPSA) is 23.5 Å². The van der Waals surface area contributed by atoms with Gasteiger partial charge in [-0.2, -0.15) is 0 Å². The van der Waals surface area contributed by atoms with Crippen LogP contribution in [-0.4, -0.2) is 28.6 Å². The molecule has 2 rings (SSSR count). The van der Waals surface area contributed by atoms with Crippen LogP contribution in [0.3, 0.4) is 0 Å². The van der Waals surface area contributed by atoms with Crippen LogP contribution in [0.25, 0.3) is 0 Å². The normalized spacial score (nSPS) is 26.5. The maximum absolute atomic E-state index is 10.9. The molecule has 2 heteroatoms. The van der Waals surface area contributed by atoms with Crippen molar-refractivity contribution >= 4 is 0 Å². The summed E-state index contributed by atoms with van der Waals surface area (Å²) < 4.78 is 0. The molecule has 1 aromatic rings. The van der Waals surface area contributed by atoms with Crippen molar-refractivity contribution in [2.75, 3.05) is 13.1 Å². The first-order valence-electron chi connectivity index (χ1n) is 7.64. The molecular formula is C17H27NO. The van der Waals surface area contributed by atoms with Gasteiger partial charge in [0.2, 0.25) is 0 Å². The highest BCUT2D eigenvalue weighted by Gasteiger charge is 2.42. The second-order valence-electron chi connectivity index (χ2n) is 5.95. The number of nitrogens with zero attached hydrogens (tertiary/aromatic N) is 1. The van der Waals surface area contributed by atoms with E-state index in [2.05, 4.69) is 43.9 Å². The number of hydrogen-bond donors (Lipinski definition) is 1. The highest BCUT2D eigenvalue weighted by Crippen LogP contribution is 2.41. The standard InChI is InChI=1S/C17H27NO/c1-4-12-18(13-5-2)17(3)11-10-14-8-6-7-9-15(14)16(17)19/h6-9,16,19H,4-5,10-13H2,1-3H3. The van der Waals surface area contributed by atoms with Gasteiger partial charge in [-0.1, -0.05) is 38.1 Å². The molecule has 1 aromatic carbocycles. The molecule has 2 unspecified atom stereocenters. The first-order valence-corrected chi connectivity index (χ1v) is 7.64. The molecule has 0 amide bonds. The van der Waals surface area contributed by atoms with Crippen molar-refractivity contribution in [3.63, 3.8) is 0 Å². The number of aryl methyl sites for hydroxylation is 1. The summed E-state index contributed by atoms with van der Waals surface area (Å²) >= 11 is 0. The Balaban J connectivity index is 2.29. The zero-order valence-corrected chi connectivity index (χ0v) is 12.5. The molecule has 0 aliphatic heterocycles. The first-order chi connectivity index (χ1) is 9.13. The highest BCUT2D eigenvalue weighted by molar-refractivity contribution is 5.34. The van der Waals surface area contributed by atoms with Gasteiger partial charge in [0.05, 0.1) is 6.10 Å². The van der Waals surface area contributed by atoms with E-state index in [9.17, 15) is 5.11 Å². The molecule has 2 atom stereocenters. The van der Waals surface area contributed by atoms with E-state index in [-0.39, 0.29) is 11.6 Å². The smallest absolute Gasteiger partial charge is 0.0973 e. The summed E-state index contributed by atoms with van der Waals surface area (Å²) in [6.45, 7) is 8.82. The number of rotatable bonds is 5. The first kappa shape index (κ1) is 14.5. The van der Waals surface area contributed by atoms with Crippen molar-refractivity contribution in [3.05, 3.63) is 35.4 Å². The van der Waals surface area contributed by atoms with Gasteiger partial charge in [0.1, 0.15) is 0 Å². The van der Waals surface area contributed by atoms with Gasteiger partial charge in [0.25, 0.3) is 0 Å². The summed E-state index contributed by atoms with van der Waals surface area (Å²) in [4.78, 5) is 2.49. The molecule has 1 aliphatic carbocycles. The van der Waals surface area contributed by atoms with Crippen molar-refractivity contribution < 1.29 is 5.11 Å². The van der Waals surface area contributed by atoms with Crippen LogP contribution in [0, 0.1) is 0 Å². The SMILES string of the molecule is CCCN(CCC)C1(C)CCc2ccccc2C1O. The number of aliphatic hydroxyl groups is 1. The van der Waals surface area contributed by atoms with E-state index < -0.39 is 0 Å². The lowest BCUT2D eigenvalue weighted by Gasteiger charge is -2.48. The predicted molar refractivity (Wildman–Crippen MR) is 80.3 cm³/mol. The number of aliphatic hydroxyl groups excluding tert-OH is 1. The van der Waals surface area contributed by atoms with Crippen molar-refractivity contribution in [2.45, 2.75) is 58.1 Å². The van der Waals surface area contributed by atoms with Gasteiger partial charge < -0.3 is 5.11 Å². The van der Waals surface area contributed by atoms with Gasteiger partial charge in [-0.3, -0.25) is 4.90 Å². The van der Waals surface area contributed by atoms with Crippen molar-refractivity contribution in [2.24, 2.45) is 0 Å². The lowest BCUT2D eigenvalue weighted by Crippen LogP contribution is -2.53. The Hall–Kier alpha value is -0.860. The van der Waals surface area contributed by atoms with E-state index in [1.54, 1.807) is 0 Å². The summed E-state index contributed by atoms with van der Waals surface area (Å²) in [6, 6.07) is 8.36. The Labute approximate surface area is 117 Å². The quantitative estimate of drug-likeness (QED) is 0.876. The van der Waals surface area contributed by atoms with Crippen molar-refractivity contribution in [3.8, 4) is 0 Å². The monoisotopic (exact) mass is 261 g/mol. The molecule has 106 valence electrons. The summed E-state index contributed by atoms with van der Waals surface area (Å²) in [7, 11) is 0. The number of benzene rings is 1. The van der Waals surface area contributed by atoms with Gasteiger partial charge >= 0.3 is 0 Å². The molecule has 1 aliphatic rings. The molecule has 0 saturated carbocycles. The zero-order chi connectivity index (χ0) is 13.9. The van der Waals surface area contributed by atoms with E-state index in [1.165, 1.54) is 5.56 Å². The second kappa shape index (κ2) is 6.06. The molecule has 0 heterocycles. The maximum atomic E-state index is 10.9. The molecule has 0 radical (unpaired) electrons. The van der Waals surface area contributed by atoms with E-state index in [4.69, 9.17) is 0 Å². The molecular weight excluding hydrogens is 234 g/mol. The second-order valence-corrected chi connectivity index (χ2v) is 5.95. The average Bonchev–Trinajstić information content (AvgIpc) is 2.43. The van der Waals surface area contributed by atoms with Gasteiger partial charge in [-0.15, -0.1) is 0 Å². The Morgan fingerprint density at radius 3 is 2.47 bits per heavy atom. The molecule has 0 aromatic heterocycles. The molecule has 19 heavy (non-hydrogen) atoms. The van der Waals surface area contributed by atoms with E-state index in [0.717, 1.165) is 44.3 Å². The Morgan fingerprint density at radius 2 is 1.84 bits per heavy atom. The summed E-state index contributed by atoms with van der Waals surface area (Å²) in [6.07, 6.45) is 4.04. The molecule has 0 saturated heterocycles. The molecule has 0 fully saturated rings. The third-order valence-corrected chi connectivity index (χ3v) is 4.55. The van der Waals surface area contributed by atoms with Crippen molar-refractivity contribution in [1.82, 2.24) is 4.90 Å². The van der Waals surface area contributed by atoms with E-state index in [1.807, 2.05) is 6.07 Å². The van der Waals surface area contributed by atoms with Crippen molar-refractivity contribution in [1.29, 1.82) is 0 Å². The predicted octanol–water partition coefficient (Wildman–Crippen LogP) is 3.55. The minimum Gasteiger partial charge on any atom is -0.386 e. The van der Waals surface area contributed by atoms with Crippen LogP contribution in [0.4, 0.5) is 0 Å². The minimum absolute atomic E-state index is 0.111. The van der Waals surface area contributed by atoms with Crippen LogP contribution < -0.4 is 0 Å². The van der Waals surface area contributed by atoms with Gasteiger partial charge in [0, 0.05) is 5.54 Å². The van der Waals surface area contributed by atoms with Crippen LogP contribution in [0.5, 0.6) is 0 Å². The lowest BCUT2D eigenvalue weighted by atomic mass is 9.75.